The zero-order valence-corrected chi connectivity index (χ0v) is 13.9. The fourth-order valence-electron chi connectivity index (χ4n) is 2.59. The van der Waals surface area contributed by atoms with Crippen molar-refractivity contribution in [3.8, 4) is 0 Å². The molecule has 0 fully saturated rings. The Balaban J connectivity index is 1.79. The monoisotopic (exact) mass is 335 g/mol. The van der Waals surface area contributed by atoms with E-state index in [0.717, 1.165) is 5.56 Å². The van der Waals surface area contributed by atoms with Crippen LogP contribution in [0.3, 0.4) is 0 Å². The van der Waals surface area contributed by atoms with Gasteiger partial charge in [0.15, 0.2) is 5.78 Å². The molecule has 3 aromatic rings. The molecular weight excluding hydrogens is 318 g/mol. The van der Waals surface area contributed by atoms with Crippen molar-refractivity contribution in [1.82, 2.24) is 9.55 Å². The second-order valence-corrected chi connectivity index (χ2v) is 5.83. The molecule has 0 bridgehead atoms. The summed E-state index contributed by atoms with van der Waals surface area (Å²) in [6.07, 6.45) is 1.39. The van der Waals surface area contributed by atoms with Crippen LogP contribution in [0.4, 0.5) is 5.69 Å². The van der Waals surface area contributed by atoms with Crippen LogP contribution in [0.1, 0.15) is 22.8 Å². The molecule has 0 aliphatic carbocycles. The zero-order valence-electron chi connectivity index (χ0n) is 13.9. The van der Waals surface area contributed by atoms with E-state index < -0.39 is 0 Å². The number of carbonyl (C=O) groups is 2. The lowest BCUT2D eigenvalue weighted by Gasteiger charge is -2.09. The quantitative estimate of drug-likeness (QED) is 0.743. The Morgan fingerprint density at radius 2 is 1.84 bits per heavy atom. The zero-order chi connectivity index (χ0) is 18.0. The Morgan fingerprint density at radius 1 is 1.12 bits per heavy atom. The minimum Gasteiger partial charge on any atom is -0.325 e. The number of aryl methyl sites for hydroxylation is 1. The highest BCUT2D eigenvalue weighted by Crippen LogP contribution is 2.12. The molecule has 2 aromatic carbocycles. The second kappa shape index (κ2) is 6.68. The first-order chi connectivity index (χ1) is 12.0. The third-order valence-electron chi connectivity index (χ3n) is 3.94. The molecule has 3 rings (SSSR count). The molecule has 1 heterocycles. The standard InChI is InChI=1S/C19H17N3O3/c1-12-4-3-5-16-18(12)20-11-22(19(16)25)10-17(24)21-15-8-6-14(7-9-15)13(2)23/h3-9,11H,10H2,1-2H3,(H,21,24). The maximum Gasteiger partial charge on any atom is 0.261 e. The summed E-state index contributed by atoms with van der Waals surface area (Å²) in [7, 11) is 0. The Kier molecular flexibility index (Phi) is 4.43. The van der Waals surface area contributed by atoms with Crippen molar-refractivity contribution in [3.63, 3.8) is 0 Å². The number of para-hydroxylation sites is 1. The molecular formula is C19H17N3O3. The van der Waals surface area contributed by atoms with Crippen molar-refractivity contribution in [2.75, 3.05) is 5.32 Å². The molecule has 0 spiro atoms. The normalized spacial score (nSPS) is 10.6. The third kappa shape index (κ3) is 3.47. The number of rotatable bonds is 4. The molecule has 1 aromatic heterocycles. The minimum absolute atomic E-state index is 0.0399. The fraction of sp³-hybridized carbons (Fsp3) is 0.158. The van der Waals surface area contributed by atoms with Gasteiger partial charge in [-0.2, -0.15) is 0 Å². The lowest BCUT2D eigenvalue weighted by Crippen LogP contribution is -2.28. The first-order valence-corrected chi connectivity index (χ1v) is 7.81. The van der Waals surface area contributed by atoms with Gasteiger partial charge in [-0.25, -0.2) is 4.98 Å². The van der Waals surface area contributed by atoms with Gasteiger partial charge in [0.25, 0.3) is 5.56 Å². The van der Waals surface area contributed by atoms with Crippen LogP contribution < -0.4 is 10.9 Å². The van der Waals surface area contributed by atoms with Gasteiger partial charge in [-0.05, 0) is 49.7 Å². The van der Waals surface area contributed by atoms with Gasteiger partial charge in [0.1, 0.15) is 6.54 Å². The maximum atomic E-state index is 12.5. The number of hydrogen-bond donors (Lipinski definition) is 1. The Bertz CT molecular complexity index is 1020. The molecule has 0 saturated carbocycles. The van der Waals surface area contributed by atoms with Gasteiger partial charge < -0.3 is 5.32 Å². The summed E-state index contributed by atoms with van der Waals surface area (Å²) in [5.41, 5.74) is 2.44. The van der Waals surface area contributed by atoms with Crippen LogP contribution >= 0.6 is 0 Å². The Morgan fingerprint density at radius 3 is 2.52 bits per heavy atom. The summed E-state index contributed by atoms with van der Waals surface area (Å²) in [5, 5.41) is 3.19. The Hall–Kier alpha value is -3.28. The summed E-state index contributed by atoms with van der Waals surface area (Å²) in [5.74, 6) is -0.381. The maximum absolute atomic E-state index is 12.5. The van der Waals surface area contributed by atoms with Crippen LogP contribution in [-0.4, -0.2) is 21.2 Å². The number of fused-ring (bicyclic) bond motifs is 1. The summed E-state index contributed by atoms with van der Waals surface area (Å²) >= 11 is 0. The summed E-state index contributed by atoms with van der Waals surface area (Å²) < 4.78 is 1.28. The fourth-order valence-corrected chi connectivity index (χ4v) is 2.59. The molecule has 1 amide bonds. The molecule has 0 atom stereocenters. The largest absolute Gasteiger partial charge is 0.325 e. The van der Waals surface area contributed by atoms with Gasteiger partial charge in [0.05, 0.1) is 17.2 Å². The van der Waals surface area contributed by atoms with E-state index in [1.807, 2.05) is 13.0 Å². The number of Topliss-reactive ketones (excluding diaryl/α,β-unsaturated/α-hetero) is 1. The molecule has 0 radical (unpaired) electrons. The van der Waals surface area contributed by atoms with Crippen LogP contribution in [0.2, 0.25) is 0 Å². The highest BCUT2D eigenvalue weighted by Gasteiger charge is 2.10. The van der Waals surface area contributed by atoms with E-state index in [-0.39, 0.29) is 23.8 Å². The van der Waals surface area contributed by atoms with Crippen LogP contribution in [0.15, 0.2) is 53.6 Å². The average molecular weight is 335 g/mol. The van der Waals surface area contributed by atoms with Crippen molar-refractivity contribution in [3.05, 3.63) is 70.3 Å². The van der Waals surface area contributed by atoms with Crippen LogP contribution in [0, 0.1) is 6.92 Å². The highest BCUT2D eigenvalue weighted by atomic mass is 16.2. The molecule has 0 aliphatic heterocycles. The number of hydrogen-bond acceptors (Lipinski definition) is 4. The number of carbonyl (C=O) groups excluding carboxylic acids is 2. The van der Waals surface area contributed by atoms with Gasteiger partial charge in [0.2, 0.25) is 5.91 Å². The topological polar surface area (TPSA) is 81.1 Å². The van der Waals surface area contributed by atoms with Crippen molar-refractivity contribution in [2.24, 2.45) is 0 Å². The van der Waals surface area contributed by atoms with E-state index in [2.05, 4.69) is 10.3 Å². The van der Waals surface area contributed by atoms with Crippen molar-refractivity contribution in [1.29, 1.82) is 0 Å². The Labute approximate surface area is 144 Å². The second-order valence-electron chi connectivity index (χ2n) is 5.83. The van der Waals surface area contributed by atoms with Gasteiger partial charge in [0, 0.05) is 11.3 Å². The van der Waals surface area contributed by atoms with E-state index in [1.54, 1.807) is 36.4 Å². The van der Waals surface area contributed by atoms with Crippen LogP contribution in [0.5, 0.6) is 0 Å². The molecule has 1 N–H and O–H groups in total. The lowest BCUT2D eigenvalue weighted by molar-refractivity contribution is -0.116. The van der Waals surface area contributed by atoms with Crippen molar-refractivity contribution < 1.29 is 9.59 Å². The molecule has 6 heteroatoms. The number of nitrogens with one attached hydrogen (secondary N) is 1. The number of ketones is 1. The summed E-state index contributed by atoms with van der Waals surface area (Å²) in [6.45, 7) is 3.23. The molecule has 0 saturated heterocycles. The van der Waals surface area contributed by atoms with Gasteiger partial charge in [-0.15, -0.1) is 0 Å². The van der Waals surface area contributed by atoms with Gasteiger partial charge in [-0.3, -0.25) is 19.0 Å². The molecule has 126 valence electrons. The first kappa shape index (κ1) is 16.6. The number of benzene rings is 2. The number of aromatic nitrogens is 2. The molecule has 6 nitrogen and oxygen atoms in total. The smallest absolute Gasteiger partial charge is 0.261 e. The van der Waals surface area contributed by atoms with Crippen molar-refractivity contribution in [2.45, 2.75) is 20.4 Å². The van der Waals surface area contributed by atoms with Gasteiger partial charge in [-0.1, -0.05) is 12.1 Å². The van der Waals surface area contributed by atoms with E-state index in [1.165, 1.54) is 17.8 Å². The van der Waals surface area contributed by atoms with E-state index in [4.69, 9.17) is 0 Å². The van der Waals surface area contributed by atoms with E-state index in [9.17, 15) is 14.4 Å². The number of nitrogens with zero attached hydrogens (tertiary/aromatic N) is 2. The van der Waals surface area contributed by atoms with Crippen molar-refractivity contribution >= 4 is 28.3 Å². The molecule has 0 aliphatic rings. The predicted octanol–water partition coefficient (Wildman–Crippen LogP) is 2.55. The summed E-state index contributed by atoms with van der Waals surface area (Å²) in [4.78, 5) is 40.2. The SMILES string of the molecule is CC(=O)c1ccc(NC(=O)Cn2cnc3c(C)cccc3c2=O)cc1. The number of anilines is 1. The van der Waals surface area contributed by atoms with Gasteiger partial charge >= 0.3 is 0 Å². The minimum atomic E-state index is -0.341. The summed E-state index contributed by atoms with van der Waals surface area (Å²) in [6, 6.07) is 12.0. The molecule has 0 unspecified atom stereocenters. The van der Waals surface area contributed by atoms with Crippen LogP contribution in [-0.2, 0) is 11.3 Å². The van der Waals surface area contributed by atoms with E-state index in [0.29, 0.717) is 22.2 Å². The highest BCUT2D eigenvalue weighted by molar-refractivity contribution is 5.95. The molecule has 25 heavy (non-hydrogen) atoms. The van der Waals surface area contributed by atoms with Crippen LogP contribution in [0.25, 0.3) is 10.9 Å². The number of amides is 1. The third-order valence-corrected chi connectivity index (χ3v) is 3.94. The average Bonchev–Trinajstić information content (AvgIpc) is 2.58. The first-order valence-electron chi connectivity index (χ1n) is 7.81. The lowest BCUT2D eigenvalue weighted by atomic mass is 10.1. The predicted molar refractivity (Wildman–Crippen MR) is 95.8 cm³/mol. The van der Waals surface area contributed by atoms with E-state index >= 15 is 0 Å².